The van der Waals surface area contributed by atoms with Crippen molar-refractivity contribution in [2.45, 2.75) is 19.6 Å². The summed E-state index contributed by atoms with van der Waals surface area (Å²) in [6, 6.07) is 11.0. The van der Waals surface area contributed by atoms with E-state index >= 15 is 0 Å². The maximum atomic E-state index is 13.0. The monoisotopic (exact) mass is 1270 g/mol. The normalized spacial score (nSPS) is 12.2. The van der Waals surface area contributed by atoms with Crippen molar-refractivity contribution in [3.8, 4) is 23.0 Å². The molecule has 4 N–H and O–H groups in total. The molecule has 0 unspecified atom stereocenters. The number of anilines is 8. The first kappa shape index (κ1) is 64.7. The average molecular weight is 1270 g/mol. The summed E-state index contributed by atoms with van der Waals surface area (Å²) in [5.41, 5.74) is -3.12. The second kappa shape index (κ2) is 24.5. The molecule has 76 heavy (non-hydrogen) atoms. The number of benzene rings is 5. The van der Waals surface area contributed by atoms with Gasteiger partial charge in [-0.3, -0.25) is 0 Å². The fraction of sp³-hybridized carbons (Fsp3) is 0. The average Bonchev–Trinajstić information content (AvgIpc) is 3.25. The van der Waals surface area contributed by atoms with Crippen molar-refractivity contribution < 1.29 is 180 Å². The van der Waals surface area contributed by atoms with Gasteiger partial charge in [-0.1, -0.05) is 23.2 Å². The van der Waals surface area contributed by atoms with Crippen LogP contribution in [-0.2, 0) is 40.5 Å². The Morgan fingerprint density at radius 1 is 0.421 bits per heavy atom. The van der Waals surface area contributed by atoms with Gasteiger partial charge >= 0.3 is 118 Å². The van der Waals surface area contributed by atoms with Crippen LogP contribution in [0.25, 0.3) is 0 Å². The zero-order valence-corrected chi connectivity index (χ0v) is 53.8. The van der Waals surface area contributed by atoms with Crippen LogP contribution in [0.2, 0.25) is 31.2 Å². The molecule has 40 heteroatoms. The second-order valence-electron chi connectivity index (χ2n) is 14.2. The van der Waals surface area contributed by atoms with Gasteiger partial charge in [-0.25, -0.2) is 43.7 Å². The van der Waals surface area contributed by atoms with Gasteiger partial charge in [0.05, 0.1) is 31.7 Å². The Morgan fingerprint density at radius 2 is 0.829 bits per heavy atom. The summed E-state index contributed by atoms with van der Waals surface area (Å²) in [7, 11) is -22.9. The number of nitrogens with one attached hydrogen (secondary N) is 4. The number of ether oxygens (including phenoxy) is 2. The van der Waals surface area contributed by atoms with Gasteiger partial charge in [0.15, 0.2) is 23.0 Å². The van der Waals surface area contributed by atoms with Gasteiger partial charge < -0.3 is 49.0 Å². The van der Waals surface area contributed by atoms with Crippen LogP contribution < -0.4 is 160 Å². The summed E-state index contributed by atoms with van der Waals surface area (Å²) >= 11 is 36.7. The summed E-state index contributed by atoms with van der Waals surface area (Å²) < 4.78 is 165. The van der Waals surface area contributed by atoms with E-state index in [2.05, 4.69) is 61.2 Å². The third-order valence-corrected chi connectivity index (χ3v) is 14.6. The van der Waals surface area contributed by atoms with Crippen molar-refractivity contribution in [3.05, 3.63) is 103 Å². The molecule has 372 valence electrons. The van der Waals surface area contributed by atoms with E-state index in [1.54, 1.807) is 0 Å². The van der Waals surface area contributed by atoms with Gasteiger partial charge in [0.1, 0.15) is 77.5 Å². The maximum absolute atomic E-state index is 13.0. The van der Waals surface area contributed by atoms with Crippen molar-refractivity contribution in [2.75, 3.05) is 21.3 Å². The molecule has 5 aromatic carbocycles. The van der Waals surface area contributed by atoms with Crippen LogP contribution in [-0.4, -0.2) is 81.8 Å². The van der Waals surface area contributed by atoms with Crippen molar-refractivity contribution in [1.82, 2.24) is 29.9 Å². The number of halogens is 6. The standard InChI is InChI=1S/C36H18Cl6N12O14S4.4Na/c37-22-25-27(67-18-7-11(1-4-14(18)47-25)43-15-5-2-12(8-20(15)69(55,56)57)44-35-51-31(39)49-32(40)52-35)23(38)26-28(22)68-19-10-17(29(71(61,62)63)30(24(19)48-26)72(64,65)66)46-16-6-3-13(9-21(16)70(58,59)60)45-36-53-33(41)50-34(42)54-36;;;;/h1-10,43,46H,(H,55,56,57)(H,58,59,60)(H,61,62,63)(H,64,65,66)(H,44,49,51,52)(H,45,50,53,54);;;;/q;4*+1/p-4. The molecule has 2 aromatic heterocycles. The van der Waals surface area contributed by atoms with Crippen molar-refractivity contribution >= 4 is 167 Å². The van der Waals surface area contributed by atoms with Crippen LogP contribution in [0.15, 0.2) is 90.2 Å². The quantitative estimate of drug-likeness (QED) is 0.0655. The fourth-order valence-electron chi connectivity index (χ4n) is 6.73. The van der Waals surface area contributed by atoms with Crippen LogP contribution in [0.5, 0.6) is 23.0 Å². The van der Waals surface area contributed by atoms with E-state index in [-0.39, 0.29) is 197 Å². The van der Waals surface area contributed by atoms with E-state index < -0.39 is 104 Å². The molecule has 0 spiro atoms. The number of hydrogen-bond donors (Lipinski definition) is 4. The first-order valence-electron chi connectivity index (χ1n) is 18.6. The Morgan fingerprint density at radius 3 is 1.28 bits per heavy atom. The molecule has 2 aliphatic rings. The molecule has 0 aliphatic carbocycles. The van der Waals surface area contributed by atoms with Gasteiger partial charge in [-0.05, 0) is 94.9 Å². The van der Waals surface area contributed by atoms with E-state index in [0.717, 1.165) is 18.2 Å². The number of aromatic nitrogens is 6. The minimum Gasteiger partial charge on any atom is -0.744 e. The predicted molar refractivity (Wildman–Crippen MR) is 249 cm³/mol. The van der Waals surface area contributed by atoms with E-state index in [4.69, 9.17) is 79.1 Å². The number of hydrogen-bond acceptors (Lipinski definition) is 26. The Balaban J connectivity index is 0.00000267. The Labute approximate surface area is 545 Å². The third kappa shape index (κ3) is 14.0. The summed E-state index contributed by atoms with van der Waals surface area (Å²) in [6.07, 6.45) is 0. The van der Waals surface area contributed by atoms with Crippen LogP contribution >= 0.6 is 69.6 Å². The molecule has 26 nitrogen and oxygen atoms in total. The second-order valence-corrected chi connectivity index (χ2v) is 21.6. The van der Waals surface area contributed by atoms with Crippen LogP contribution in [0.1, 0.15) is 0 Å². The SMILES string of the molecule is O=S(=O)([O-])c1cc(Nc2nc(Cl)nc(Cl)n2)ccc1Nc1ccc2c(c1)Oc1c(Cl)c3c(c(Cl)c1=N2)Oc1cc(Nc2ccc(Nc4nc(Cl)nc(Cl)n4)cc2S(=O)(=O)[O-])c(S(=O)(=O)[O-])c(S(=O)(=O)[O-])c1N=3.[Na+].[Na+].[Na+].[Na+]. The molecule has 0 atom stereocenters. The predicted octanol–water partition coefficient (Wildman–Crippen LogP) is -5.30. The van der Waals surface area contributed by atoms with Crippen LogP contribution in [0.3, 0.4) is 0 Å². The van der Waals surface area contributed by atoms with Crippen molar-refractivity contribution in [1.29, 1.82) is 0 Å². The minimum atomic E-state index is -6.09. The zero-order chi connectivity index (χ0) is 52.0. The number of rotatable bonds is 12. The molecule has 0 radical (unpaired) electrons. The summed E-state index contributed by atoms with van der Waals surface area (Å²) in [4.78, 5) is 25.5. The van der Waals surface area contributed by atoms with E-state index in [1.165, 1.54) is 30.3 Å². The largest absolute Gasteiger partial charge is 1.00 e. The zero-order valence-electron chi connectivity index (χ0n) is 38.0. The molecule has 2 aliphatic heterocycles. The van der Waals surface area contributed by atoms with Gasteiger partial charge in [0, 0.05) is 29.2 Å². The molecule has 0 amide bonds. The summed E-state index contributed by atoms with van der Waals surface area (Å²) in [6.45, 7) is 0. The Hall–Kier alpha value is -2.10. The topological polar surface area (TPSA) is 397 Å². The summed E-state index contributed by atoms with van der Waals surface area (Å²) in [5.74, 6) is -2.20. The van der Waals surface area contributed by atoms with Gasteiger partial charge in [0.25, 0.3) is 0 Å². The molecule has 0 bridgehead atoms. The molecule has 7 aromatic rings. The molecule has 9 rings (SSSR count). The van der Waals surface area contributed by atoms with Crippen molar-refractivity contribution in [3.63, 3.8) is 0 Å². The van der Waals surface area contributed by atoms with Crippen molar-refractivity contribution in [2.24, 2.45) is 9.98 Å². The maximum Gasteiger partial charge on any atom is 1.00 e. The minimum absolute atomic E-state index is 0. The molecular formula is C36H14Cl6N12Na4O14S4. The van der Waals surface area contributed by atoms with E-state index in [9.17, 15) is 51.9 Å². The van der Waals surface area contributed by atoms with Gasteiger partial charge in [-0.2, -0.15) is 29.9 Å². The summed E-state index contributed by atoms with van der Waals surface area (Å²) in [5, 5.41) is 7.15. The van der Waals surface area contributed by atoms with E-state index in [0.29, 0.717) is 12.1 Å². The molecule has 0 fully saturated rings. The van der Waals surface area contributed by atoms with E-state index in [1.807, 2.05) is 0 Å². The number of nitrogens with zero attached hydrogens (tertiary/aromatic N) is 8. The third-order valence-electron chi connectivity index (χ3n) is 9.48. The van der Waals surface area contributed by atoms with Crippen LogP contribution in [0.4, 0.5) is 57.4 Å². The Bertz CT molecular complexity index is 4150. The Kier molecular flexibility index (Phi) is 20.9. The molecule has 0 saturated carbocycles. The smallest absolute Gasteiger partial charge is 0.744 e. The fourth-order valence-corrected chi connectivity index (χ4v) is 11.3. The molecule has 0 saturated heterocycles. The van der Waals surface area contributed by atoms with Gasteiger partial charge in [0.2, 0.25) is 33.0 Å². The molecular weight excluding hydrogens is 1260 g/mol. The first-order chi connectivity index (χ1) is 33.6. The van der Waals surface area contributed by atoms with Crippen LogP contribution in [0, 0.1) is 0 Å². The number of fused-ring (bicyclic) bond motifs is 4. The molecule has 4 heterocycles. The first-order valence-corrected chi connectivity index (χ1v) is 26.5. The van der Waals surface area contributed by atoms with Gasteiger partial charge in [-0.15, -0.1) is 0 Å².